The summed E-state index contributed by atoms with van der Waals surface area (Å²) in [5.41, 5.74) is 0.748. The van der Waals surface area contributed by atoms with Gasteiger partial charge in [0.25, 0.3) is 0 Å². The molecule has 0 saturated carbocycles. The van der Waals surface area contributed by atoms with E-state index in [2.05, 4.69) is 32.8 Å². The molecule has 84 valence electrons. The molecule has 0 atom stereocenters. The molecule has 0 aliphatic rings. The number of Topliss-reactive ketones (excluding diaryl/α,β-unsaturated/α-hetero) is 1. The van der Waals surface area contributed by atoms with E-state index < -0.39 is 0 Å². The minimum absolute atomic E-state index is 0.197. The van der Waals surface area contributed by atoms with Crippen LogP contribution in [0, 0.1) is 11.8 Å². The summed E-state index contributed by atoms with van der Waals surface area (Å²) in [6, 6.07) is 1.81. The number of carbonyl (C=O) groups is 1. The molecule has 3 nitrogen and oxygen atoms in total. The number of ketones is 1. The third-order valence-electron chi connectivity index (χ3n) is 2.13. The molecular weight excluding hydrogens is 188 g/mol. The molecule has 0 aliphatic carbocycles. The molecule has 0 radical (unpaired) electrons. The fourth-order valence-corrected chi connectivity index (χ4v) is 1.54. The zero-order chi connectivity index (χ0) is 11.4. The van der Waals surface area contributed by atoms with Crippen LogP contribution >= 0.6 is 0 Å². The average molecular weight is 208 g/mol. The Balaban J connectivity index is 2.76. The van der Waals surface area contributed by atoms with E-state index in [9.17, 15) is 4.79 Å². The van der Waals surface area contributed by atoms with Crippen LogP contribution in [-0.4, -0.2) is 15.6 Å². The predicted octanol–water partition coefficient (Wildman–Crippen LogP) is 2.77. The molecule has 15 heavy (non-hydrogen) atoms. The maximum absolute atomic E-state index is 11.9. The molecule has 0 saturated heterocycles. The Bertz CT molecular complexity index is 326. The van der Waals surface area contributed by atoms with Crippen molar-refractivity contribution in [2.45, 2.75) is 40.7 Å². The highest BCUT2D eigenvalue weighted by Gasteiger charge is 2.13. The van der Waals surface area contributed by atoms with E-state index in [1.807, 2.05) is 10.7 Å². The Morgan fingerprint density at radius 1 is 1.33 bits per heavy atom. The number of hydrogen-bond donors (Lipinski definition) is 0. The summed E-state index contributed by atoms with van der Waals surface area (Å²) >= 11 is 0. The van der Waals surface area contributed by atoms with Crippen molar-refractivity contribution in [1.29, 1.82) is 0 Å². The van der Waals surface area contributed by atoms with Gasteiger partial charge in [0.15, 0.2) is 5.78 Å². The zero-order valence-electron chi connectivity index (χ0n) is 10.0. The molecule has 1 heterocycles. The summed E-state index contributed by atoms with van der Waals surface area (Å²) in [5.74, 6) is 1.11. The maximum Gasteiger partial charge on any atom is 0.181 e. The van der Waals surface area contributed by atoms with Gasteiger partial charge in [-0.1, -0.05) is 27.7 Å². The maximum atomic E-state index is 11.9. The molecule has 0 aromatic carbocycles. The molecule has 0 amide bonds. The van der Waals surface area contributed by atoms with Gasteiger partial charge in [0.05, 0.1) is 0 Å². The molecule has 0 N–H and O–H groups in total. The lowest BCUT2D eigenvalue weighted by atomic mass is 10.1. The van der Waals surface area contributed by atoms with E-state index >= 15 is 0 Å². The molecule has 3 heteroatoms. The van der Waals surface area contributed by atoms with Crippen LogP contribution in [0.3, 0.4) is 0 Å². The molecule has 0 spiro atoms. The van der Waals surface area contributed by atoms with Crippen molar-refractivity contribution < 1.29 is 4.79 Å². The fraction of sp³-hybridized carbons (Fsp3) is 0.667. The molecule has 1 aromatic rings. The minimum Gasteiger partial charge on any atom is -0.292 e. The Kier molecular flexibility index (Phi) is 4.06. The van der Waals surface area contributed by atoms with E-state index in [1.54, 1.807) is 6.20 Å². The lowest BCUT2D eigenvalue weighted by Gasteiger charge is -2.09. The van der Waals surface area contributed by atoms with Gasteiger partial charge < -0.3 is 0 Å². The molecular formula is C12H20N2O. The Morgan fingerprint density at radius 3 is 2.53 bits per heavy atom. The van der Waals surface area contributed by atoms with Crippen molar-refractivity contribution in [3.8, 4) is 0 Å². The monoisotopic (exact) mass is 208 g/mol. The number of hydrogen-bond acceptors (Lipinski definition) is 2. The molecule has 0 aliphatic heterocycles. The lowest BCUT2D eigenvalue weighted by Crippen LogP contribution is -2.15. The van der Waals surface area contributed by atoms with Crippen LogP contribution in [0.1, 0.15) is 44.6 Å². The smallest absolute Gasteiger partial charge is 0.181 e. The van der Waals surface area contributed by atoms with Crippen LogP contribution in [0.25, 0.3) is 0 Å². The van der Waals surface area contributed by atoms with Gasteiger partial charge in [-0.2, -0.15) is 5.10 Å². The van der Waals surface area contributed by atoms with Crippen molar-refractivity contribution in [1.82, 2.24) is 9.78 Å². The fourth-order valence-electron chi connectivity index (χ4n) is 1.54. The topological polar surface area (TPSA) is 34.9 Å². The largest absolute Gasteiger partial charge is 0.292 e. The van der Waals surface area contributed by atoms with Crippen LogP contribution < -0.4 is 0 Å². The number of rotatable bonds is 5. The minimum atomic E-state index is 0.197. The van der Waals surface area contributed by atoms with Crippen molar-refractivity contribution in [2.24, 2.45) is 11.8 Å². The highest BCUT2D eigenvalue weighted by atomic mass is 16.1. The van der Waals surface area contributed by atoms with Crippen LogP contribution in [0.4, 0.5) is 0 Å². The highest BCUT2D eigenvalue weighted by Crippen LogP contribution is 2.10. The van der Waals surface area contributed by atoms with E-state index in [0.29, 0.717) is 18.3 Å². The van der Waals surface area contributed by atoms with Gasteiger partial charge in [0.2, 0.25) is 0 Å². The first-order valence-electron chi connectivity index (χ1n) is 5.55. The SMILES string of the molecule is CC(C)CC(=O)c1ccnn1CC(C)C. The summed E-state index contributed by atoms with van der Waals surface area (Å²) in [5, 5.41) is 4.18. The van der Waals surface area contributed by atoms with Gasteiger partial charge in [0.1, 0.15) is 5.69 Å². The quantitative estimate of drug-likeness (QED) is 0.697. The Labute approximate surface area is 91.5 Å². The summed E-state index contributed by atoms with van der Waals surface area (Å²) in [4.78, 5) is 11.9. The Morgan fingerprint density at radius 2 is 2.00 bits per heavy atom. The van der Waals surface area contributed by atoms with Gasteiger partial charge in [-0.25, -0.2) is 0 Å². The second-order valence-electron chi connectivity index (χ2n) is 4.81. The van der Waals surface area contributed by atoms with E-state index in [1.165, 1.54) is 0 Å². The molecule has 0 bridgehead atoms. The first kappa shape index (κ1) is 12.0. The van der Waals surface area contributed by atoms with Crippen LogP contribution in [0.2, 0.25) is 0 Å². The van der Waals surface area contributed by atoms with E-state index in [4.69, 9.17) is 0 Å². The summed E-state index contributed by atoms with van der Waals surface area (Å²) in [6.07, 6.45) is 2.31. The summed E-state index contributed by atoms with van der Waals surface area (Å²) < 4.78 is 1.81. The second kappa shape index (κ2) is 5.10. The third-order valence-corrected chi connectivity index (χ3v) is 2.13. The van der Waals surface area contributed by atoms with Crippen molar-refractivity contribution in [2.75, 3.05) is 0 Å². The molecule has 1 aromatic heterocycles. The zero-order valence-corrected chi connectivity index (χ0v) is 10.0. The highest BCUT2D eigenvalue weighted by molar-refractivity contribution is 5.94. The van der Waals surface area contributed by atoms with Gasteiger partial charge in [0, 0.05) is 19.2 Å². The Hall–Kier alpha value is -1.12. The van der Waals surface area contributed by atoms with Gasteiger partial charge in [-0.05, 0) is 17.9 Å². The lowest BCUT2D eigenvalue weighted by molar-refractivity contribution is 0.0956. The summed E-state index contributed by atoms with van der Waals surface area (Å²) in [7, 11) is 0. The van der Waals surface area contributed by atoms with Crippen molar-refractivity contribution in [3.05, 3.63) is 18.0 Å². The number of carbonyl (C=O) groups excluding carboxylic acids is 1. The normalized spacial score (nSPS) is 11.3. The molecule has 0 unspecified atom stereocenters. The second-order valence-corrected chi connectivity index (χ2v) is 4.81. The summed E-state index contributed by atoms with van der Waals surface area (Å²) in [6.45, 7) is 9.17. The van der Waals surface area contributed by atoms with Gasteiger partial charge in [-0.15, -0.1) is 0 Å². The van der Waals surface area contributed by atoms with Crippen molar-refractivity contribution in [3.63, 3.8) is 0 Å². The van der Waals surface area contributed by atoms with E-state index in [0.717, 1.165) is 12.2 Å². The van der Waals surface area contributed by atoms with Crippen molar-refractivity contribution >= 4 is 5.78 Å². The average Bonchev–Trinajstić information content (AvgIpc) is 2.49. The van der Waals surface area contributed by atoms with Crippen LogP contribution in [0.15, 0.2) is 12.3 Å². The van der Waals surface area contributed by atoms with Crippen LogP contribution in [-0.2, 0) is 6.54 Å². The predicted molar refractivity (Wildman–Crippen MR) is 60.9 cm³/mol. The molecule has 0 fully saturated rings. The third kappa shape index (κ3) is 3.50. The standard InChI is InChI=1S/C12H20N2O/c1-9(2)7-12(15)11-5-6-13-14(11)8-10(3)4/h5-6,9-10H,7-8H2,1-4H3. The van der Waals surface area contributed by atoms with Gasteiger partial charge >= 0.3 is 0 Å². The van der Waals surface area contributed by atoms with Gasteiger partial charge in [-0.3, -0.25) is 9.48 Å². The van der Waals surface area contributed by atoms with E-state index in [-0.39, 0.29) is 5.78 Å². The molecule has 1 rings (SSSR count). The van der Waals surface area contributed by atoms with Crippen LogP contribution in [0.5, 0.6) is 0 Å². The number of aromatic nitrogens is 2. The number of nitrogens with zero attached hydrogens (tertiary/aromatic N) is 2. The first-order chi connectivity index (χ1) is 7.00. The first-order valence-corrected chi connectivity index (χ1v) is 5.55.